The molecule has 1 aliphatic heterocycles. The Kier molecular flexibility index (Phi) is 4.81. The zero-order valence-electron chi connectivity index (χ0n) is 13.8. The molecule has 0 aliphatic carbocycles. The number of carbonyl (C=O) groups excluding carboxylic acids is 1. The van der Waals surface area contributed by atoms with Crippen molar-refractivity contribution < 1.29 is 9.21 Å². The molecule has 1 amide bonds. The third-order valence-corrected chi connectivity index (χ3v) is 4.39. The molecule has 2 aromatic heterocycles. The van der Waals surface area contributed by atoms with Gasteiger partial charge in [0.05, 0.1) is 17.5 Å². The summed E-state index contributed by atoms with van der Waals surface area (Å²) < 4.78 is 5.01. The molecule has 1 fully saturated rings. The maximum absolute atomic E-state index is 12.4. The highest BCUT2D eigenvalue weighted by atomic mass is 16.3. The Labute approximate surface area is 136 Å². The van der Waals surface area contributed by atoms with Crippen molar-refractivity contribution in [3.05, 3.63) is 41.4 Å². The molecule has 2 aromatic rings. The highest BCUT2D eigenvalue weighted by Gasteiger charge is 2.21. The van der Waals surface area contributed by atoms with Crippen molar-refractivity contribution in [1.82, 2.24) is 19.8 Å². The molecule has 0 unspecified atom stereocenters. The Morgan fingerprint density at radius 2 is 2.22 bits per heavy atom. The van der Waals surface area contributed by atoms with Gasteiger partial charge in [-0.3, -0.25) is 9.69 Å². The van der Waals surface area contributed by atoms with Gasteiger partial charge in [-0.2, -0.15) is 0 Å². The van der Waals surface area contributed by atoms with Gasteiger partial charge in [0.25, 0.3) is 5.91 Å². The molecule has 3 heterocycles. The molecule has 6 nitrogen and oxygen atoms in total. The summed E-state index contributed by atoms with van der Waals surface area (Å²) >= 11 is 0. The molecule has 23 heavy (non-hydrogen) atoms. The van der Waals surface area contributed by atoms with Gasteiger partial charge in [-0.1, -0.05) is 6.92 Å². The largest absolute Gasteiger partial charge is 0.472 e. The molecule has 124 valence electrons. The smallest absolute Gasteiger partial charge is 0.257 e. The number of aromatic nitrogens is 2. The minimum absolute atomic E-state index is 0.0600. The van der Waals surface area contributed by atoms with Crippen LogP contribution in [0, 0.1) is 6.92 Å². The van der Waals surface area contributed by atoms with Gasteiger partial charge in [0.2, 0.25) is 0 Å². The minimum atomic E-state index is 0.0600. The van der Waals surface area contributed by atoms with Crippen LogP contribution in [-0.4, -0.2) is 51.9 Å². The van der Waals surface area contributed by atoms with Crippen LogP contribution >= 0.6 is 0 Å². The lowest BCUT2D eigenvalue weighted by Gasteiger charge is -2.21. The monoisotopic (exact) mass is 316 g/mol. The molecule has 0 radical (unpaired) electrons. The third-order valence-electron chi connectivity index (χ3n) is 4.39. The van der Waals surface area contributed by atoms with Crippen LogP contribution in [0.25, 0.3) is 0 Å². The molecule has 1 saturated heterocycles. The Morgan fingerprint density at radius 3 is 2.91 bits per heavy atom. The number of furan rings is 1. The van der Waals surface area contributed by atoms with E-state index in [1.165, 1.54) is 6.26 Å². The van der Waals surface area contributed by atoms with E-state index in [1.807, 2.05) is 4.90 Å². The second-order valence-electron chi connectivity index (χ2n) is 6.04. The molecule has 0 spiro atoms. The summed E-state index contributed by atoms with van der Waals surface area (Å²) in [6.45, 7) is 8.42. The van der Waals surface area contributed by atoms with E-state index < -0.39 is 0 Å². The van der Waals surface area contributed by atoms with Crippen molar-refractivity contribution in [3.63, 3.8) is 0 Å². The number of rotatable bonds is 4. The SMILES string of the molecule is CCc1nc(CN2CCCN(C(=O)c3ccoc3)CC2)c(C)[nH]1. The lowest BCUT2D eigenvalue weighted by Crippen LogP contribution is -2.35. The normalized spacial score (nSPS) is 16.5. The average molecular weight is 316 g/mol. The van der Waals surface area contributed by atoms with Crippen LogP contribution in [0.15, 0.2) is 23.0 Å². The summed E-state index contributed by atoms with van der Waals surface area (Å²) in [5.74, 6) is 1.11. The molecule has 0 aromatic carbocycles. The number of aryl methyl sites for hydroxylation is 2. The van der Waals surface area contributed by atoms with E-state index in [0.717, 1.165) is 62.8 Å². The van der Waals surface area contributed by atoms with Gasteiger partial charge in [-0.15, -0.1) is 0 Å². The summed E-state index contributed by atoms with van der Waals surface area (Å²) in [6.07, 6.45) is 4.97. The summed E-state index contributed by atoms with van der Waals surface area (Å²) in [5.41, 5.74) is 2.91. The molecular weight excluding hydrogens is 292 g/mol. The predicted molar refractivity (Wildman–Crippen MR) is 87.2 cm³/mol. The maximum atomic E-state index is 12.4. The minimum Gasteiger partial charge on any atom is -0.472 e. The number of hydrogen-bond acceptors (Lipinski definition) is 4. The van der Waals surface area contributed by atoms with Gasteiger partial charge in [0.1, 0.15) is 12.1 Å². The fraction of sp³-hybridized carbons (Fsp3) is 0.529. The van der Waals surface area contributed by atoms with Crippen molar-refractivity contribution in [2.45, 2.75) is 33.2 Å². The molecule has 6 heteroatoms. The number of H-pyrrole nitrogens is 1. The van der Waals surface area contributed by atoms with Crippen LogP contribution in [0.3, 0.4) is 0 Å². The van der Waals surface area contributed by atoms with Crippen LogP contribution in [0.2, 0.25) is 0 Å². The number of amides is 1. The number of nitrogens with one attached hydrogen (secondary N) is 1. The number of nitrogens with zero attached hydrogens (tertiary/aromatic N) is 3. The van der Waals surface area contributed by atoms with Crippen molar-refractivity contribution in [2.75, 3.05) is 26.2 Å². The Balaban J connectivity index is 1.60. The number of imidazole rings is 1. The number of aromatic amines is 1. The number of carbonyl (C=O) groups is 1. The summed E-state index contributed by atoms with van der Waals surface area (Å²) in [6, 6.07) is 1.73. The average Bonchev–Trinajstić information content (AvgIpc) is 3.13. The third kappa shape index (κ3) is 3.64. The first-order valence-corrected chi connectivity index (χ1v) is 8.25. The molecule has 0 saturated carbocycles. The molecule has 3 rings (SSSR count). The van der Waals surface area contributed by atoms with Crippen molar-refractivity contribution in [2.24, 2.45) is 0 Å². The highest BCUT2D eigenvalue weighted by Crippen LogP contribution is 2.13. The zero-order chi connectivity index (χ0) is 16.2. The molecule has 0 atom stereocenters. The second kappa shape index (κ2) is 7.00. The predicted octanol–water partition coefficient (Wildman–Crippen LogP) is 2.22. The fourth-order valence-electron chi connectivity index (χ4n) is 3.00. The van der Waals surface area contributed by atoms with Gasteiger partial charge >= 0.3 is 0 Å². The van der Waals surface area contributed by atoms with Gasteiger partial charge in [0.15, 0.2) is 0 Å². The van der Waals surface area contributed by atoms with E-state index in [0.29, 0.717) is 5.56 Å². The van der Waals surface area contributed by atoms with Crippen molar-refractivity contribution >= 4 is 5.91 Å². The Hall–Kier alpha value is -2.08. The second-order valence-corrected chi connectivity index (χ2v) is 6.04. The van der Waals surface area contributed by atoms with Crippen LogP contribution in [0.4, 0.5) is 0 Å². The van der Waals surface area contributed by atoms with E-state index in [2.05, 4.69) is 28.7 Å². The van der Waals surface area contributed by atoms with Gasteiger partial charge < -0.3 is 14.3 Å². The van der Waals surface area contributed by atoms with Crippen molar-refractivity contribution in [1.29, 1.82) is 0 Å². The first-order chi connectivity index (χ1) is 11.2. The molecular formula is C17H24N4O2. The molecule has 1 aliphatic rings. The topological polar surface area (TPSA) is 65.4 Å². The first-order valence-electron chi connectivity index (χ1n) is 8.25. The quantitative estimate of drug-likeness (QED) is 0.939. The van der Waals surface area contributed by atoms with Gasteiger partial charge in [0, 0.05) is 44.8 Å². The number of hydrogen-bond donors (Lipinski definition) is 1. The standard InChI is InChI=1S/C17H24N4O2/c1-3-16-18-13(2)15(19-16)11-20-6-4-7-21(9-8-20)17(22)14-5-10-23-12-14/h5,10,12H,3-4,6-9,11H2,1-2H3,(H,18,19). The summed E-state index contributed by atoms with van der Waals surface area (Å²) in [4.78, 5) is 24.7. The first kappa shape index (κ1) is 15.8. The van der Waals surface area contributed by atoms with E-state index in [9.17, 15) is 4.79 Å². The lowest BCUT2D eigenvalue weighted by molar-refractivity contribution is 0.0760. The Bertz CT molecular complexity index is 648. The van der Waals surface area contributed by atoms with Crippen LogP contribution in [0.5, 0.6) is 0 Å². The Morgan fingerprint density at radius 1 is 1.35 bits per heavy atom. The fourth-order valence-corrected chi connectivity index (χ4v) is 3.00. The maximum Gasteiger partial charge on any atom is 0.257 e. The van der Waals surface area contributed by atoms with Crippen LogP contribution < -0.4 is 0 Å². The summed E-state index contributed by atoms with van der Waals surface area (Å²) in [7, 11) is 0. The molecule has 0 bridgehead atoms. The van der Waals surface area contributed by atoms with E-state index in [-0.39, 0.29) is 5.91 Å². The van der Waals surface area contributed by atoms with Crippen LogP contribution in [0.1, 0.15) is 40.9 Å². The van der Waals surface area contributed by atoms with E-state index in [4.69, 9.17) is 4.42 Å². The van der Waals surface area contributed by atoms with E-state index >= 15 is 0 Å². The summed E-state index contributed by atoms with van der Waals surface area (Å²) in [5, 5.41) is 0. The van der Waals surface area contributed by atoms with Crippen molar-refractivity contribution in [3.8, 4) is 0 Å². The molecule has 1 N–H and O–H groups in total. The van der Waals surface area contributed by atoms with E-state index in [1.54, 1.807) is 12.3 Å². The highest BCUT2D eigenvalue weighted by molar-refractivity contribution is 5.93. The van der Waals surface area contributed by atoms with Gasteiger partial charge in [-0.05, 0) is 19.4 Å². The van der Waals surface area contributed by atoms with Crippen LogP contribution in [-0.2, 0) is 13.0 Å². The van der Waals surface area contributed by atoms with Gasteiger partial charge in [-0.25, -0.2) is 4.98 Å². The lowest BCUT2D eigenvalue weighted by atomic mass is 10.3. The zero-order valence-corrected chi connectivity index (χ0v) is 13.8.